The van der Waals surface area contributed by atoms with E-state index in [2.05, 4.69) is 52.4 Å². The van der Waals surface area contributed by atoms with E-state index in [0.29, 0.717) is 0 Å². The lowest BCUT2D eigenvalue weighted by molar-refractivity contribution is -0.136. The minimum atomic E-state index is -0.825. The van der Waals surface area contributed by atoms with E-state index in [1.54, 1.807) is 0 Å². The second kappa shape index (κ2) is 6.91. The lowest BCUT2D eigenvalue weighted by Gasteiger charge is -2.08. The van der Waals surface area contributed by atoms with Crippen molar-refractivity contribution in [3.05, 3.63) is 90.8 Å². The molecule has 4 nitrogen and oxygen atoms in total. The minimum Gasteiger partial charge on any atom is -0.481 e. The number of carboxylic acids is 1. The Hall–Kier alpha value is -3.92. The second-order valence-corrected chi connectivity index (χ2v) is 7.12. The largest absolute Gasteiger partial charge is 0.481 e. The van der Waals surface area contributed by atoms with Crippen LogP contribution in [0.2, 0.25) is 0 Å². The molecule has 0 aliphatic rings. The number of carbonyl (C=O) groups is 1. The Bertz CT molecular complexity index is 1350. The van der Waals surface area contributed by atoms with Gasteiger partial charge in [-0.1, -0.05) is 66.7 Å². The highest BCUT2D eigenvalue weighted by atomic mass is 16.4. The molecule has 0 fully saturated rings. The van der Waals surface area contributed by atoms with Gasteiger partial charge < -0.3 is 10.1 Å². The van der Waals surface area contributed by atoms with Gasteiger partial charge in [-0.05, 0) is 33.5 Å². The van der Waals surface area contributed by atoms with E-state index in [1.807, 2.05) is 42.7 Å². The summed E-state index contributed by atoms with van der Waals surface area (Å²) in [4.78, 5) is 18.8. The molecule has 0 bridgehead atoms. The zero-order chi connectivity index (χ0) is 19.8. The first-order chi connectivity index (χ1) is 14.2. The van der Waals surface area contributed by atoms with E-state index in [0.717, 1.165) is 38.9 Å². The van der Waals surface area contributed by atoms with Crippen molar-refractivity contribution in [1.82, 2.24) is 9.97 Å². The van der Waals surface area contributed by atoms with Crippen molar-refractivity contribution in [3.8, 4) is 22.3 Å². The standard InChI is InChI=1S/C25H18N2O2/c28-24(29)12-16-8-10-18(11-9-16)23-15-27-25-22(23)13-19(14-26-25)21-7-3-5-17-4-1-2-6-20(17)21/h1-11,13-15H,12H2,(H,26,27)(H,28,29). The third-order valence-corrected chi connectivity index (χ3v) is 5.25. The predicted octanol–water partition coefficient (Wildman–Crippen LogP) is 5.68. The van der Waals surface area contributed by atoms with Gasteiger partial charge in [0.1, 0.15) is 5.65 Å². The molecule has 29 heavy (non-hydrogen) atoms. The number of hydrogen-bond donors (Lipinski definition) is 2. The fourth-order valence-electron chi connectivity index (χ4n) is 3.84. The van der Waals surface area contributed by atoms with Gasteiger partial charge in [0.05, 0.1) is 6.42 Å². The molecule has 2 heterocycles. The molecule has 0 spiro atoms. The van der Waals surface area contributed by atoms with Crippen LogP contribution >= 0.6 is 0 Å². The van der Waals surface area contributed by atoms with Crippen molar-refractivity contribution in [2.75, 3.05) is 0 Å². The molecule has 0 radical (unpaired) electrons. The summed E-state index contributed by atoms with van der Waals surface area (Å²) in [6.07, 6.45) is 3.89. The lowest BCUT2D eigenvalue weighted by Crippen LogP contribution is -1.99. The average molecular weight is 378 g/mol. The van der Waals surface area contributed by atoms with Gasteiger partial charge in [0.25, 0.3) is 0 Å². The molecular formula is C25H18N2O2. The van der Waals surface area contributed by atoms with E-state index >= 15 is 0 Å². The number of hydrogen-bond acceptors (Lipinski definition) is 2. The van der Waals surface area contributed by atoms with Crippen LogP contribution in [0.15, 0.2) is 85.2 Å². The molecule has 0 aliphatic heterocycles. The van der Waals surface area contributed by atoms with Crippen molar-refractivity contribution in [1.29, 1.82) is 0 Å². The molecule has 0 amide bonds. The first kappa shape index (κ1) is 17.2. The van der Waals surface area contributed by atoms with Crippen LogP contribution < -0.4 is 0 Å². The van der Waals surface area contributed by atoms with Crippen molar-refractivity contribution in [2.24, 2.45) is 0 Å². The van der Waals surface area contributed by atoms with Crippen molar-refractivity contribution in [2.45, 2.75) is 6.42 Å². The van der Waals surface area contributed by atoms with Gasteiger partial charge in [0.15, 0.2) is 0 Å². The maximum atomic E-state index is 10.9. The maximum absolute atomic E-state index is 10.9. The fourth-order valence-corrected chi connectivity index (χ4v) is 3.84. The summed E-state index contributed by atoms with van der Waals surface area (Å²) >= 11 is 0. The van der Waals surface area contributed by atoms with E-state index in [-0.39, 0.29) is 6.42 Å². The molecule has 5 rings (SSSR count). The van der Waals surface area contributed by atoms with Gasteiger partial charge in [-0.3, -0.25) is 4.79 Å². The molecule has 2 N–H and O–H groups in total. The number of H-pyrrole nitrogens is 1. The summed E-state index contributed by atoms with van der Waals surface area (Å²) in [5.41, 5.74) is 5.92. The summed E-state index contributed by atoms with van der Waals surface area (Å²) in [6, 6.07) is 24.5. The summed E-state index contributed by atoms with van der Waals surface area (Å²) in [6.45, 7) is 0. The summed E-state index contributed by atoms with van der Waals surface area (Å²) < 4.78 is 0. The van der Waals surface area contributed by atoms with Crippen LogP contribution in [0, 0.1) is 0 Å². The summed E-state index contributed by atoms with van der Waals surface area (Å²) in [5.74, 6) is -0.825. The Kier molecular flexibility index (Phi) is 4.10. The molecule has 0 atom stereocenters. The van der Waals surface area contributed by atoms with Crippen molar-refractivity contribution < 1.29 is 9.90 Å². The molecule has 0 aliphatic carbocycles. The Labute approximate surface area is 167 Å². The predicted molar refractivity (Wildman–Crippen MR) is 116 cm³/mol. The van der Waals surface area contributed by atoms with Crippen molar-refractivity contribution in [3.63, 3.8) is 0 Å². The number of pyridine rings is 1. The van der Waals surface area contributed by atoms with Crippen LogP contribution in [0.3, 0.4) is 0 Å². The fraction of sp³-hybridized carbons (Fsp3) is 0.0400. The van der Waals surface area contributed by atoms with E-state index in [4.69, 9.17) is 5.11 Å². The number of aliphatic carboxylic acids is 1. The zero-order valence-corrected chi connectivity index (χ0v) is 15.6. The normalized spacial score (nSPS) is 11.2. The molecule has 0 unspecified atom stereocenters. The van der Waals surface area contributed by atoms with E-state index < -0.39 is 5.97 Å². The third kappa shape index (κ3) is 3.15. The van der Waals surface area contributed by atoms with Crippen LogP contribution in [0.5, 0.6) is 0 Å². The number of nitrogens with zero attached hydrogens (tertiary/aromatic N) is 1. The highest BCUT2D eigenvalue weighted by Gasteiger charge is 2.11. The number of aromatic nitrogens is 2. The molecule has 0 saturated carbocycles. The summed E-state index contributed by atoms with van der Waals surface area (Å²) in [5, 5.41) is 12.4. The van der Waals surface area contributed by atoms with Gasteiger partial charge in [-0.15, -0.1) is 0 Å². The number of nitrogens with one attached hydrogen (secondary N) is 1. The van der Waals surface area contributed by atoms with Crippen LogP contribution in [-0.2, 0) is 11.2 Å². The van der Waals surface area contributed by atoms with Crippen LogP contribution in [0.1, 0.15) is 5.56 Å². The Morgan fingerprint density at radius 1 is 0.862 bits per heavy atom. The number of rotatable bonds is 4. The number of carboxylic acid groups (broad SMARTS) is 1. The first-order valence-electron chi connectivity index (χ1n) is 9.45. The summed E-state index contributed by atoms with van der Waals surface area (Å²) in [7, 11) is 0. The first-order valence-corrected chi connectivity index (χ1v) is 9.45. The molecule has 2 aromatic heterocycles. The number of fused-ring (bicyclic) bond motifs is 2. The van der Waals surface area contributed by atoms with Crippen LogP contribution in [0.25, 0.3) is 44.1 Å². The van der Waals surface area contributed by atoms with E-state index in [1.165, 1.54) is 10.8 Å². The molecule has 0 saturated heterocycles. The van der Waals surface area contributed by atoms with Gasteiger partial charge in [-0.25, -0.2) is 4.98 Å². The maximum Gasteiger partial charge on any atom is 0.307 e. The molecule has 3 aromatic carbocycles. The topological polar surface area (TPSA) is 66.0 Å². The smallest absolute Gasteiger partial charge is 0.307 e. The molecule has 140 valence electrons. The van der Waals surface area contributed by atoms with Crippen LogP contribution in [-0.4, -0.2) is 21.0 Å². The SMILES string of the molecule is O=C(O)Cc1ccc(-c2c[nH]c3ncc(-c4cccc5ccccc45)cc23)cc1. The quantitative estimate of drug-likeness (QED) is 0.423. The lowest BCUT2D eigenvalue weighted by atomic mass is 9.97. The second-order valence-electron chi connectivity index (χ2n) is 7.12. The van der Waals surface area contributed by atoms with Gasteiger partial charge in [-0.2, -0.15) is 0 Å². The molecule has 4 heteroatoms. The van der Waals surface area contributed by atoms with E-state index in [9.17, 15) is 4.79 Å². The average Bonchev–Trinajstić information content (AvgIpc) is 3.17. The molecular weight excluding hydrogens is 360 g/mol. The van der Waals surface area contributed by atoms with Gasteiger partial charge in [0.2, 0.25) is 0 Å². The highest BCUT2D eigenvalue weighted by molar-refractivity contribution is 6.00. The Morgan fingerprint density at radius 3 is 2.48 bits per heavy atom. The third-order valence-electron chi connectivity index (χ3n) is 5.25. The monoisotopic (exact) mass is 378 g/mol. The number of aromatic amines is 1. The Morgan fingerprint density at radius 2 is 1.66 bits per heavy atom. The molecule has 5 aromatic rings. The Balaban J connectivity index is 1.61. The minimum absolute atomic E-state index is 0.0287. The van der Waals surface area contributed by atoms with Crippen LogP contribution in [0.4, 0.5) is 0 Å². The zero-order valence-electron chi connectivity index (χ0n) is 15.6. The van der Waals surface area contributed by atoms with Crippen molar-refractivity contribution >= 4 is 27.8 Å². The van der Waals surface area contributed by atoms with Gasteiger partial charge >= 0.3 is 5.97 Å². The highest BCUT2D eigenvalue weighted by Crippen LogP contribution is 2.33. The van der Waals surface area contributed by atoms with Gasteiger partial charge in [0, 0.05) is 28.9 Å². The number of benzene rings is 3.